The highest BCUT2D eigenvalue weighted by Gasteiger charge is 2.22. The van der Waals surface area contributed by atoms with Crippen molar-refractivity contribution < 1.29 is 22.0 Å². The molecule has 2 aromatic carbocycles. The van der Waals surface area contributed by atoms with Crippen LogP contribution in [0.1, 0.15) is 28.6 Å². The van der Waals surface area contributed by atoms with E-state index in [0.717, 1.165) is 17.7 Å². The minimum Gasteiger partial charge on any atom is -0.293 e. The molecule has 0 spiro atoms. The van der Waals surface area contributed by atoms with Gasteiger partial charge in [-0.15, -0.1) is 11.3 Å². The summed E-state index contributed by atoms with van der Waals surface area (Å²) in [5.74, 6) is -2.00. The van der Waals surface area contributed by atoms with Gasteiger partial charge in [0.2, 0.25) is 10.0 Å². The van der Waals surface area contributed by atoms with Crippen LogP contribution in [0.2, 0.25) is 0 Å². The van der Waals surface area contributed by atoms with Crippen LogP contribution in [0.5, 0.6) is 0 Å². The molecule has 1 heterocycles. The van der Waals surface area contributed by atoms with E-state index in [-0.39, 0.29) is 17.1 Å². The molecule has 28 heavy (non-hydrogen) atoms. The van der Waals surface area contributed by atoms with E-state index < -0.39 is 21.7 Å². The van der Waals surface area contributed by atoms with Crippen LogP contribution in [0.4, 0.5) is 8.78 Å². The summed E-state index contributed by atoms with van der Waals surface area (Å²) in [5.41, 5.74) is 2.50. The Morgan fingerprint density at radius 3 is 2.18 bits per heavy atom. The van der Waals surface area contributed by atoms with Gasteiger partial charge in [-0.25, -0.2) is 22.3 Å². The smallest absolute Gasteiger partial charge is 0.238 e. The van der Waals surface area contributed by atoms with Crippen LogP contribution in [-0.2, 0) is 10.0 Å². The van der Waals surface area contributed by atoms with Crippen LogP contribution in [0.25, 0.3) is 21.6 Å². The molecule has 146 valence electrons. The first-order valence-electron chi connectivity index (χ1n) is 8.38. The summed E-state index contributed by atoms with van der Waals surface area (Å²) in [7, 11) is -3.83. The maximum atomic E-state index is 13.7. The van der Waals surface area contributed by atoms with E-state index >= 15 is 0 Å². The van der Waals surface area contributed by atoms with Gasteiger partial charge in [-0.2, -0.15) is 0 Å². The molecule has 0 fully saturated rings. The van der Waals surface area contributed by atoms with Gasteiger partial charge in [-0.1, -0.05) is 25.1 Å². The Bertz CT molecular complexity index is 1170. The number of halogens is 2. The molecule has 1 aromatic heterocycles. The predicted octanol–water partition coefficient (Wildman–Crippen LogP) is 4.91. The quantitative estimate of drug-likeness (QED) is 0.595. The number of carbonyl (C=O) groups is 1. The molecule has 0 aliphatic rings. The summed E-state index contributed by atoms with van der Waals surface area (Å²) < 4.78 is 50.0. The monoisotopic (exact) mass is 421 g/mol. The fourth-order valence-electron chi connectivity index (χ4n) is 2.94. The Kier molecular flexibility index (Phi) is 5.47. The highest BCUT2D eigenvalue weighted by Crippen LogP contribution is 2.42. The summed E-state index contributed by atoms with van der Waals surface area (Å²) >= 11 is 1.21. The number of hydrogen-bond donors (Lipinski definition) is 1. The number of hydrogen-bond acceptors (Lipinski definition) is 4. The van der Waals surface area contributed by atoms with Crippen molar-refractivity contribution in [3.8, 4) is 21.6 Å². The number of thiophene rings is 1. The number of Topliss-reactive ketones (excluding diaryl/α,β-unsaturated/α-hetero) is 1. The van der Waals surface area contributed by atoms with Crippen molar-refractivity contribution in [1.82, 2.24) is 0 Å². The number of primary sulfonamides is 1. The summed E-state index contributed by atoms with van der Waals surface area (Å²) in [6, 6.07) is 9.52. The zero-order valence-electron chi connectivity index (χ0n) is 15.1. The number of benzene rings is 2. The first-order chi connectivity index (χ1) is 13.1. The molecular weight excluding hydrogens is 404 g/mol. The summed E-state index contributed by atoms with van der Waals surface area (Å²) in [6.07, 6.45) is 0.277. The molecular formula is C20H17F2NO3S2. The fourth-order valence-corrected chi connectivity index (χ4v) is 4.79. The van der Waals surface area contributed by atoms with Gasteiger partial charge in [-0.05, 0) is 47.9 Å². The van der Waals surface area contributed by atoms with Gasteiger partial charge in [-0.3, -0.25) is 4.79 Å². The number of sulfonamides is 1. The van der Waals surface area contributed by atoms with E-state index in [1.807, 2.05) is 0 Å². The van der Waals surface area contributed by atoms with Crippen LogP contribution in [0, 0.1) is 18.6 Å². The average molecular weight is 421 g/mol. The Morgan fingerprint density at radius 1 is 1.04 bits per heavy atom. The normalized spacial score (nSPS) is 11.6. The summed E-state index contributed by atoms with van der Waals surface area (Å²) in [4.78, 5) is 13.6. The van der Waals surface area contributed by atoms with Crippen molar-refractivity contribution in [3.63, 3.8) is 0 Å². The zero-order valence-corrected chi connectivity index (χ0v) is 16.8. The third-order valence-electron chi connectivity index (χ3n) is 4.37. The van der Waals surface area contributed by atoms with Gasteiger partial charge in [0.1, 0.15) is 0 Å². The first kappa shape index (κ1) is 20.3. The molecule has 0 saturated carbocycles. The lowest BCUT2D eigenvalue weighted by Gasteiger charge is -2.07. The Labute approximate surface area is 165 Å². The molecule has 0 aliphatic heterocycles. The number of rotatable bonds is 5. The SMILES string of the molecule is CCC(=O)c1sc(-c2ccc(F)c(F)c2)c(C)c1-c1ccc(S(N)(=O)=O)cc1. The minimum absolute atomic E-state index is 0.0340. The van der Waals surface area contributed by atoms with Crippen molar-refractivity contribution in [3.05, 3.63) is 64.5 Å². The van der Waals surface area contributed by atoms with E-state index in [1.165, 1.54) is 29.5 Å². The van der Waals surface area contributed by atoms with Gasteiger partial charge >= 0.3 is 0 Å². The Hall–Kier alpha value is -2.42. The van der Waals surface area contributed by atoms with Crippen LogP contribution >= 0.6 is 11.3 Å². The molecule has 3 aromatic rings. The topological polar surface area (TPSA) is 77.2 Å². The second kappa shape index (κ2) is 7.54. The second-order valence-corrected chi connectivity index (χ2v) is 8.82. The molecule has 0 aliphatic carbocycles. The third kappa shape index (κ3) is 3.76. The van der Waals surface area contributed by atoms with Crippen LogP contribution in [0.15, 0.2) is 47.4 Å². The molecule has 0 saturated heterocycles. The van der Waals surface area contributed by atoms with Crippen LogP contribution in [-0.4, -0.2) is 14.2 Å². The standard InChI is InChI=1S/C20H17F2NO3S2/c1-3-17(24)20-18(12-4-7-14(8-5-12)28(23,25)26)11(2)19(27-20)13-6-9-15(21)16(22)10-13/h4-10H,3H2,1-2H3,(H2,23,25,26). The lowest BCUT2D eigenvalue weighted by atomic mass is 9.97. The predicted molar refractivity (Wildman–Crippen MR) is 106 cm³/mol. The minimum atomic E-state index is -3.83. The molecule has 4 nitrogen and oxygen atoms in total. The highest BCUT2D eigenvalue weighted by molar-refractivity contribution is 7.89. The summed E-state index contributed by atoms with van der Waals surface area (Å²) in [6.45, 7) is 3.53. The van der Waals surface area contributed by atoms with E-state index in [2.05, 4.69) is 0 Å². The molecule has 0 bridgehead atoms. The van der Waals surface area contributed by atoms with E-state index in [1.54, 1.807) is 26.0 Å². The molecule has 0 unspecified atom stereocenters. The first-order valence-corrected chi connectivity index (χ1v) is 10.7. The largest absolute Gasteiger partial charge is 0.293 e. The van der Waals surface area contributed by atoms with Crippen molar-refractivity contribution in [2.45, 2.75) is 25.2 Å². The van der Waals surface area contributed by atoms with E-state index in [4.69, 9.17) is 5.14 Å². The highest BCUT2D eigenvalue weighted by atomic mass is 32.2. The maximum Gasteiger partial charge on any atom is 0.238 e. The lowest BCUT2D eigenvalue weighted by molar-refractivity contribution is 0.0992. The molecule has 2 N–H and O–H groups in total. The number of ketones is 1. The van der Waals surface area contributed by atoms with Gasteiger partial charge in [0.05, 0.1) is 9.77 Å². The molecule has 0 radical (unpaired) electrons. The molecule has 8 heteroatoms. The van der Waals surface area contributed by atoms with E-state index in [0.29, 0.717) is 26.4 Å². The Morgan fingerprint density at radius 2 is 1.64 bits per heavy atom. The lowest BCUT2D eigenvalue weighted by Crippen LogP contribution is -2.11. The van der Waals surface area contributed by atoms with Gasteiger partial charge in [0.15, 0.2) is 17.4 Å². The third-order valence-corrected chi connectivity index (χ3v) is 6.69. The Balaban J connectivity index is 2.21. The van der Waals surface area contributed by atoms with Crippen molar-refractivity contribution in [2.24, 2.45) is 5.14 Å². The summed E-state index contributed by atoms with van der Waals surface area (Å²) in [5, 5.41) is 5.14. The molecule has 0 atom stereocenters. The van der Waals surface area contributed by atoms with Crippen LogP contribution < -0.4 is 5.14 Å². The maximum absolute atomic E-state index is 13.7. The number of nitrogens with two attached hydrogens (primary N) is 1. The van der Waals surface area contributed by atoms with E-state index in [9.17, 15) is 22.0 Å². The van der Waals surface area contributed by atoms with Gasteiger partial charge < -0.3 is 0 Å². The second-order valence-electron chi connectivity index (χ2n) is 6.24. The zero-order chi connectivity index (χ0) is 20.6. The van der Waals surface area contributed by atoms with Crippen molar-refractivity contribution >= 4 is 27.1 Å². The van der Waals surface area contributed by atoms with Crippen LogP contribution in [0.3, 0.4) is 0 Å². The molecule has 3 rings (SSSR count). The van der Waals surface area contributed by atoms with Gasteiger partial charge in [0.25, 0.3) is 0 Å². The van der Waals surface area contributed by atoms with Crippen molar-refractivity contribution in [1.29, 1.82) is 0 Å². The molecule has 0 amide bonds. The fraction of sp³-hybridized carbons (Fsp3) is 0.150. The van der Waals surface area contributed by atoms with Crippen molar-refractivity contribution in [2.75, 3.05) is 0 Å². The number of carbonyl (C=O) groups excluding carboxylic acids is 1. The average Bonchev–Trinajstić information content (AvgIpc) is 3.00. The van der Waals surface area contributed by atoms with Gasteiger partial charge in [0, 0.05) is 16.9 Å².